The first-order valence-electron chi connectivity index (χ1n) is 6.94. The van der Waals surface area contributed by atoms with Gasteiger partial charge in [0.05, 0.1) is 18.4 Å². The number of aliphatic hydroxyl groups is 1. The van der Waals surface area contributed by atoms with Gasteiger partial charge in [0.25, 0.3) is 5.56 Å². The van der Waals surface area contributed by atoms with E-state index in [0.29, 0.717) is 11.3 Å². The Labute approximate surface area is 126 Å². The lowest BCUT2D eigenvalue weighted by Crippen LogP contribution is -2.24. The molecule has 3 aromatic rings. The Balaban J connectivity index is 1.84. The molecule has 0 fully saturated rings. The molecule has 0 radical (unpaired) electrons. The molecular weight excluding hydrogens is 280 g/mol. The van der Waals surface area contributed by atoms with Crippen LogP contribution in [0, 0.1) is 0 Å². The highest BCUT2D eigenvalue weighted by molar-refractivity contribution is 5.87. The number of hydrogen-bond acceptors (Lipinski definition) is 4. The Morgan fingerprint density at radius 2 is 2.14 bits per heavy atom. The Bertz CT molecular complexity index is 861. The molecule has 0 aliphatic heterocycles. The van der Waals surface area contributed by atoms with Gasteiger partial charge in [-0.15, -0.1) is 0 Å². The molecule has 0 saturated heterocycles. The van der Waals surface area contributed by atoms with Gasteiger partial charge in [-0.1, -0.05) is 18.2 Å². The molecule has 5 nitrogen and oxygen atoms in total. The van der Waals surface area contributed by atoms with E-state index < -0.39 is 5.60 Å². The van der Waals surface area contributed by atoms with E-state index in [1.807, 2.05) is 24.3 Å². The number of para-hydroxylation sites is 1. The third-order valence-electron chi connectivity index (χ3n) is 3.46. The predicted molar refractivity (Wildman–Crippen MR) is 85.3 cm³/mol. The van der Waals surface area contributed by atoms with Gasteiger partial charge in [0.1, 0.15) is 11.4 Å². The van der Waals surface area contributed by atoms with Crippen molar-refractivity contribution in [3.8, 4) is 0 Å². The zero-order chi connectivity index (χ0) is 15.6. The molecule has 0 saturated carbocycles. The molecule has 0 amide bonds. The third kappa shape index (κ3) is 2.84. The lowest BCUT2D eigenvalue weighted by molar-refractivity contribution is 0.0440. The van der Waals surface area contributed by atoms with Gasteiger partial charge < -0.3 is 14.5 Å². The highest BCUT2D eigenvalue weighted by atomic mass is 16.4. The summed E-state index contributed by atoms with van der Waals surface area (Å²) < 4.78 is 5.19. The van der Waals surface area contributed by atoms with Crippen molar-refractivity contribution in [3.05, 3.63) is 70.4 Å². The average molecular weight is 296 g/mol. The number of nitrogens with one attached hydrogen (secondary N) is 1. The number of aromatic amines is 1. The maximum absolute atomic E-state index is 12.0. The van der Waals surface area contributed by atoms with Crippen molar-refractivity contribution in [2.24, 2.45) is 4.99 Å². The molecule has 2 N–H and O–H groups in total. The number of fused-ring (bicyclic) bond motifs is 1. The number of hydrogen-bond donors (Lipinski definition) is 2. The second-order valence-electron chi connectivity index (χ2n) is 5.36. The van der Waals surface area contributed by atoms with Crippen LogP contribution >= 0.6 is 0 Å². The molecule has 0 aliphatic carbocycles. The van der Waals surface area contributed by atoms with Crippen molar-refractivity contribution in [1.82, 2.24) is 4.98 Å². The number of pyridine rings is 1. The van der Waals surface area contributed by atoms with Gasteiger partial charge in [0.15, 0.2) is 0 Å². The summed E-state index contributed by atoms with van der Waals surface area (Å²) in [6, 6.07) is 12.7. The first-order chi connectivity index (χ1) is 10.6. The molecule has 112 valence electrons. The monoisotopic (exact) mass is 296 g/mol. The van der Waals surface area contributed by atoms with E-state index in [0.717, 1.165) is 10.9 Å². The molecular formula is C17H16N2O3. The molecule has 1 aromatic carbocycles. The lowest BCUT2D eigenvalue weighted by atomic mass is 10.0. The van der Waals surface area contributed by atoms with Crippen LogP contribution in [0.15, 0.2) is 62.9 Å². The summed E-state index contributed by atoms with van der Waals surface area (Å²) in [5, 5.41) is 11.2. The quantitative estimate of drug-likeness (QED) is 0.726. The van der Waals surface area contributed by atoms with Gasteiger partial charge in [0.2, 0.25) is 0 Å². The van der Waals surface area contributed by atoms with Crippen LogP contribution in [-0.2, 0) is 5.60 Å². The largest absolute Gasteiger partial charge is 0.466 e. The van der Waals surface area contributed by atoms with Crippen molar-refractivity contribution in [2.45, 2.75) is 12.5 Å². The minimum atomic E-state index is -1.20. The van der Waals surface area contributed by atoms with Crippen molar-refractivity contribution in [2.75, 3.05) is 6.54 Å². The molecule has 0 bridgehead atoms. The number of benzene rings is 1. The van der Waals surface area contributed by atoms with Gasteiger partial charge in [-0.25, -0.2) is 0 Å². The molecule has 0 spiro atoms. The fourth-order valence-corrected chi connectivity index (χ4v) is 2.24. The molecule has 5 heteroatoms. The topological polar surface area (TPSA) is 78.6 Å². The van der Waals surface area contributed by atoms with Crippen LogP contribution in [0.2, 0.25) is 0 Å². The maximum atomic E-state index is 12.0. The zero-order valence-corrected chi connectivity index (χ0v) is 12.1. The minimum Gasteiger partial charge on any atom is -0.466 e. The SMILES string of the molecule is CC(O)(CN=Cc1cc2ccccc2[nH]c1=O)c1ccco1. The number of aliphatic imine (C=N–C) groups is 1. The van der Waals surface area contributed by atoms with Crippen LogP contribution in [-0.4, -0.2) is 22.8 Å². The van der Waals surface area contributed by atoms with Gasteiger partial charge in [0, 0.05) is 11.7 Å². The highest BCUT2D eigenvalue weighted by Crippen LogP contribution is 2.21. The standard InChI is InChI=1S/C17H16N2O3/c1-17(21,15-7-4-8-22-15)11-18-10-13-9-12-5-2-3-6-14(12)19-16(13)20/h2-10,21H,11H2,1H3,(H,19,20). The van der Waals surface area contributed by atoms with E-state index in [-0.39, 0.29) is 12.1 Å². The first-order valence-corrected chi connectivity index (χ1v) is 6.94. The Morgan fingerprint density at radius 3 is 2.91 bits per heavy atom. The van der Waals surface area contributed by atoms with Crippen molar-refractivity contribution in [3.63, 3.8) is 0 Å². The van der Waals surface area contributed by atoms with Crippen molar-refractivity contribution >= 4 is 17.1 Å². The fraction of sp³-hybridized carbons (Fsp3) is 0.176. The molecule has 2 heterocycles. The van der Waals surface area contributed by atoms with Crippen LogP contribution in [0.3, 0.4) is 0 Å². The van der Waals surface area contributed by atoms with Crippen LogP contribution in [0.25, 0.3) is 10.9 Å². The first kappa shape index (κ1) is 14.3. The normalized spacial score (nSPS) is 14.5. The summed E-state index contributed by atoms with van der Waals surface area (Å²) in [4.78, 5) is 19.0. The predicted octanol–water partition coefficient (Wildman–Crippen LogP) is 2.45. The van der Waals surface area contributed by atoms with E-state index in [9.17, 15) is 9.90 Å². The summed E-state index contributed by atoms with van der Waals surface area (Å²) in [6.45, 7) is 1.72. The Morgan fingerprint density at radius 1 is 1.32 bits per heavy atom. The van der Waals surface area contributed by atoms with Crippen molar-refractivity contribution < 1.29 is 9.52 Å². The zero-order valence-electron chi connectivity index (χ0n) is 12.1. The number of rotatable bonds is 4. The smallest absolute Gasteiger partial charge is 0.257 e. The van der Waals surface area contributed by atoms with Gasteiger partial charge in [-0.05, 0) is 36.6 Å². The van der Waals surface area contributed by atoms with Gasteiger partial charge >= 0.3 is 0 Å². The van der Waals surface area contributed by atoms with Crippen LogP contribution in [0.1, 0.15) is 18.2 Å². The number of aromatic nitrogens is 1. The molecule has 2 aromatic heterocycles. The van der Waals surface area contributed by atoms with Gasteiger partial charge in [-0.2, -0.15) is 0 Å². The number of furan rings is 1. The minimum absolute atomic E-state index is 0.104. The fourth-order valence-electron chi connectivity index (χ4n) is 2.24. The summed E-state index contributed by atoms with van der Waals surface area (Å²) in [5.41, 5.74) is -0.176. The van der Waals surface area contributed by atoms with E-state index in [2.05, 4.69) is 9.98 Å². The average Bonchev–Trinajstić information content (AvgIpc) is 3.03. The number of H-pyrrole nitrogens is 1. The second-order valence-corrected chi connectivity index (χ2v) is 5.36. The van der Waals surface area contributed by atoms with E-state index in [1.165, 1.54) is 12.5 Å². The Hall–Kier alpha value is -2.66. The molecule has 3 rings (SSSR count). The van der Waals surface area contributed by atoms with E-state index in [1.54, 1.807) is 25.1 Å². The molecule has 1 atom stereocenters. The van der Waals surface area contributed by atoms with Crippen LogP contribution in [0.5, 0.6) is 0 Å². The van der Waals surface area contributed by atoms with Crippen molar-refractivity contribution in [1.29, 1.82) is 0 Å². The summed E-state index contributed by atoms with van der Waals surface area (Å²) in [6.07, 6.45) is 2.98. The van der Waals surface area contributed by atoms with Crippen LogP contribution < -0.4 is 5.56 Å². The second kappa shape index (κ2) is 5.61. The highest BCUT2D eigenvalue weighted by Gasteiger charge is 2.25. The molecule has 1 unspecified atom stereocenters. The van der Waals surface area contributed by atoms with E-state index >= 15 is 0 Å². The van der Waals surface area contributed by atoms with Gasteiger partial charge in [-0.3, -0.25) is 9.79 Å². The number of nitrogens with zero attached hydrogens (tertiary/aromatic N) is 1. The third-order valence-corrected chi connectivity index (χ3v) is 3.46. The lowest BCUT2D eigenvalue weighted by Gasteiger charge is -2.17. The summed E-state index contributed by atoms with van der Waals surface area (Å²) >= 11 is 0. The molecule has 0 aliphatic rings. The Kier molecular flexibility index (Phi) is 3.65. The van der Waals surface area contributed by atoms with Crippen LogP contribution in [0.4, 0.5) is 0 Å². The summed E-state index contributed by atoms with van der Waals surface area (Å²) in [7, 11) is 0. The summed E-state index contributed by atoms with van der Waals surface area (Å²) in [5.74, 6) is 0.442. The van der Waals surface area contributed by atoms with E-state index in [4.69, 9.17) is 4.42 Å². The maximum Gasteiger partial charge on any atom is 0.257 e. The molecule has 22 heavy (non-hydrogen) atoms.